The van der Waals surface area contributed by atoms with Crippen LogP contribution in [0.4, 0.5) is 0 Å². The van der Waals surface area contributed by atoms with Crippen molar-refractivity contribution in [2.24, 2.45) is 5.73 Å². The van der Waals surface area contributed by atoms with Gasteiger partial charge in [-0.25, -0.2) is 4.98 Å². The van der Waals surface area contributed by atoms with Crippen LogP contribution in [0.3, 0.4) is 0 Å². The van der Waals surface area contributed by atoms with Crippen molar-refractivity contribution < 1.29 is 0 Å². The largest absolute Gasteiger partial charge is 0.325 e. The Labute approximate surface area is 119 Å². The van der Waals surface area contributed by atoms with E-state index in [0.717, 1.165) is 17.1 Å². The molecule has 0 aliphatic heterocycles. The minimum Gasteiger partial charge on any atom is -0.325 e. The number of hydrogen-bond donors (Lipinski definition) is 1. The van der Waals surface area contributed by atoms with E-state index in [0.29, 0.717) is 6.54 Å². The topological polar surface area (TPSA) is 51.8 Å². The molecule has 0 atom stereocenters. The van der Waals surface area contributed by atoms with Crippen LogP contribution >= 0.6 is 37.2 Å². The van der Waals surface area contributed by atoms with Crippen molar-refractivity contribution in [2.75, 3.05) is 0 Å². The van der Waals surface area contributed by atoms with Crippen LogP contribution < -0.4 is 5.73 Å². The predicted octanol–water partition coefficient (Wildman–Crippen LogP) is 2.87. The number of halogens is 3. The lowest BCUT2D eigenvalue weighted by Crippen LogP contribution is -2.00. The van der Waals surface area contributed by atoms with Gasteiger partial charge in [-0.1, -0.05) is 12.1 Å². The van der Waals surface area contributed by atoms with E-state index in [-0.39, 0.29) is 37.2 Å². The normalized spacial score (nSPS) is 8.29. The van der Waals surface area contributed by atoms with E-state index >= 15 is 0 Å². The summed E-state index contributed by atoms with van der Waals surface area (Å²) in [6, 6.07) is 11.5. The zero-order valence-electron chi connectivity index (χ0n) is 8.95. The SMILES string of the molecule is Cl.Cl.Cl.NCc1cccc(-c2ccccn2)n1. The average Bonchev–Trinajstić information content (AvgIpc) is 2.30. The van der Waals surface area contributed by atoms with Crippen LogP contribution in [0.15, 0.2) is 42.6 Å². The minimum atomic E-state index is 0. The van der Waals surface area contributed by atoms with Crippen LogP contribution in [-0.2, 0) is 6.54 Å². The first-order valence-corrected chi connectivity index (χ1v) is 4.47. The van der Waals surface area contributed by atoms with Gasteiger partial charge in [0.1, 0.15) is 0 Å². The molecular formula is C11H14Cl3N3. The van der Waals surface area contributed by atoms with Gasteiger partial charge in [0.05, 0.1) is 17.1 Å². The summed E-state index contributed by atoms with van der Waals surface area (Å²) in [5, 5.41) is 0. The molecule has 2 aromatic rings. The zero-order valence-corrected chi connectivity index (χ0v) is 11.4. The number of aromatic nitrogens is 2. The van der Waals surface area contributed by atoms with Gasteiger partial charge in [0, 0.05) is 12.7 Å². The highest BCUT2D eigenvalue weighted by atomic mass is 35.5. The molecule has 0 fully saturated rings. The highest BCUT2D eigenvalue weighted by molar-refractivity contribution is 5.86. The first kappa shape index (κ1) is 18.5. The molecule has 2 aromatic heterocycles. The molecule has 3 nitrogen and oxygen atoms in total. The molecule has 6 heteroatoms. The monoisotopic (exact) mass is 293 g/mol. The van der Waals surface area contributed by atoms with E-state index < -0.39 is 0 Å². The van der Waals surface area contributed by atoms with Crippen molar-refractivity contribution in [1.29, 1.82) is 0 Å². The van der Waals surface area contributed by atoms with E-state index in [4.69, 9.17) is 5.73 Å². The number of nitrogens with two attached hydrogens (primary N) is 1. The second-order valence-electron chi connectivity index (χ2n) is 2.93. The van der Waals surface area contributed by atoms with Gasteiger partial charge in [0.25, 0.3) is 0 Å². The molecular weight excluding hydrogens is 281 g/mol. The predicted molar refractivity (Wildman–Crippen MR) is 77.1 cm³/mol. The molecule has 94 valence electrons. The van der Waals surface area contributed by atoms with E-state index in [2.05, 4.69) is 9.97 Å². The Hall–Kier alpha value is -0.870. The van der Waals surface area contributed by atoms with E-state index in [9.17, 15) is 0 Å². The third kappa shape index (κ3) is 4.88. The number of nitrogens with zero attached hydrogens (tertiary/aromatic N) is 2. The summed E-state index contributed by atoms with van der Waals surface area (Å²) in [5.74, 6) is 0. The second kappa shape index (κ2) is 9.19. The molecule has 2 rings (SSSR count). The van der Waals surface area contributed by atoms with Gasteiger partial charge >= 0.3 is 0 Å². The molecule has 0 bridgehead atoms. The standard InChI is InChI=1S/C11H11N3.3ClH/c12-8-9-4-3-6-11(14-9)10-5-1-2-7-13-10;;;/h1-7H,8,12H2;3*1H. The molecule has 0 radical (unpaired) electrons. The Kier molecular flexibility index (Phi) is 10.00. The minimum absolute atomic E-state index is 0. The summed E-state index contributed by atoms with van der Waals surface area (Å²) < 4.78 is 0. The third-order valence-electron chi connectivity index (χ3n) is 1.94. The summed E-state index contributed by atoms with van der Waals surface area (Å²) in [6.45, 7) is 0.459. The molecule has 0 aromatic carbocycles. The highest BCUT2D eigenvalue weighted by Gasteiger charge is 1.99. The van der Waals surface area contributed by atoms with Crippen molar-refractivity contribution in [3.8, 4) is 11.4 Å². The fourth-order valence-corrected chi connectivity index (χ4v) is 1.25. The fraction of sp³-hybridized carbons (Fsp3) is 0.0909. The Balaban J connectivity index is 0. The molecule has 0 aliphatic rings. The summed E-state index contributed by atoms with van der Waals surface area (Å²) in [6.07, 6.45) is 1.76. The van der Waals surface area contributed by atoms with Gasteiger partial charge in [-0.15, -0.1) is 37.2 Å². The second-order valence-corrected chi connectivity index (χ2v) is 2.93. The molecule has 0 saturated heterocycles. The van der Waals surface area contributed by atoms with Crippen LogP contribution in [0.2, 0.25) is 0 Å². The van der Waals surface area contributed by atoms with E-state index in [1.165, 1.54) is 0 Å². The van der Waals surface area contributed by atoms with E-state index in [1.807, 2.05) is 36.4 Å². The Morgan fingerprint density at radius 3 is 2.18 bits per heavy atom. The van der Waals surface area contributed by atoms with Crippen LogP contribution in [-0.4, -0.2) is 9.97 Å². The van der Waals surface area contributed by atoms with Gasteiger partial charge in [0.2, 0.25) is 0 Å². The van der Waals surface area contributed by atoms with E-state index in [1.54, 1.807) is 6.20 Å². The molecule has 0 saturated carbocycles. The zero-order chi connectivity index (χ0) is 9.80. The van der Waals surface area contributed by atoms with Crippen LogP contribution in [0.25, 0.3) is 11.4 Å². The Bertz CT molecular complexity index is 423. The maximum absolute atomic E-state index is 5.51. The molecule has 17 heavy (non-hydrogen) atoms. The first-order valence-electron chi connectivity index (χ1n) is 4.47. The van der Waals surface area contributed by atoms with Gasteiger partial charge in [-0.3, -0.25) is 4.98 Å². The average molecular weight is 295 g/mol. The highest BCUT2D eigenvalue weighted by Crippen LogP contribution is 2.13. The van der Waals surface area contributed by atoms with Gasteiger partial charge < -0.3 is 5.73 Å². The lowest BCUT2D eigenvalue weighted by atomic mass is 10.2. The number of hydrogen-bond acceptors (Lipinski definition) is 3. The van der Waals surface area contributed by atoms with Crippen molar-refractivity contribution in [2.45, 2.75) is 6.54 Å². The third-order valence-corrected chi connectivity index (χ3v) is 1.94. The van der Waals surface area contributed by atoms with Crippen LogP contribution in [0, 0.1) is 0 Å². The van der Waals surface area contributed by atoms with Crippen LogP contribution in [0.5, 0.6) is 0 Å². The molecule has 0 unspecified atom stereocenters. The summed E-state index contributed by atoms with van der Waals surface area (Å²) in [7, 11) is 0. The molecule has 0 amide bonds. The van der Waals surface area contributed by atoms with Crippen molar-refractivity contribution in [3.63, 3.8) is 0 Å². The lowest BCUT2D eigenvalue weighted by molar-refractivity contribution is 0.991. The first-order chi connectivity index (χ1) is 6.90. The maximum Gasteiger partial charge on any atom is 0.0890 e. The van der Waals surface area contributed by atoms with Crippen molar-refractivity contribution in [1.82, 2.24) is 9.97 Å². The number of rotatable bonds is 2. The smallest absolute Gasteiger partial charge is 0.0890 e. The molecule has 0 aliphatic carbocycles. The van der Waals surface area contributed by atoms with Crippen molar-refractivity contribution >= 4 is 37.2 Å². The van der Waals surface area contributed by atoms with Gasteiger partial charge in [0.15, 0.2) is 0 Å². The Morgan fingerprint density at radius 2 is 1.59 bits per heavy atom. The number of pyridine rings is 2. The lowest BCUT2D eigenvalue weighted by Gasteiger charge is -2.01. The summed E-state index contributed by atoms with van der Waals surface area (Å²) in [4.78, 5) is 8.60. The van der Waals surface area contributed by atoms with Gasteiger partial charge in [-0.2, -0.15) is 0 Å². The molecule has 2 N–H and O–H groups in total. The maximum atomic E-state index is 5.51. The fourth-order valence-electron chi connectivity index (χ4n) is 1.25. The van der Waals surface area contributed by atoms with Gasteiger partial charge in [-0.05, 0) is 24.3 Å². The van der Waals surface area contributed by atoms with Crippen molar-refractivity contribution in [3.05, 3.63) is 48.3 Å². The molecule has 0 spiro atoms. The summed E-state index contributed by atoms with van der Waals surface area (Å²) in [5.41, 5.74) is 8.14. The van der Waals surface area contributed by atoms with Crippen LogP contribution in [0.1, 0.15) is 5.69 Å². The molecule has 2 heterocycles. The summed E-state index contributed by atoms with van der Waals surface area (Å²) >= 11 is 0. The quantitative estimate of drug-likeness (QED) is 0.926. The Morgan fingerprint density at radius 1 is 0.882 bits per heavy atom.